The summed E-state index contributed by atoms with van der Waals surface area (Å²) in [4.78, 5) is 23.5. The molecule has 5 heterocycles. The minimum atomic E-state index is -1.85. The van der Waals surface area contributed by atoms with Crippen molar-refractivity contribution in [3.8, 4) is 0 Å². The molecule has 9 aliphatic rings. The summed E-state index contributed by atoms with van der Waals surface area (Å²) in [5.41, 5.74) is -0.524. The van der Waals surface area contributed by atoms with Crippen LogP contribution in [0.5, 0.6) is 0 Å². The second-order valence-electron chi connectivity index (χ2n) is 23.8. The molecule has 0 unspecified atom stereocenters. The van der Waals surface area contributed by atoms with Gasteiger partial charge in [0, 0.05) is 18.3 Å². The Balaban J connectivity index is 0.851. The van der Waals surface area contributed by atoms with Crippen LogP contribution in [0, 0.1) is 46.3 Å². The average molecular weight is 1050 g/mol. The lowest BCUT2D eigenvalue weighted by atomic mass is 9.47. The maximum atomic E-state index is 12.5. The van der Waals surface area contributed by atoms with Gasteiger partial charge in [-0.1, -0.05) is 32.4 Å². The Labute approximate surface area is 424 Å². The Morgan fingerprint density at radius 3 is 2.10 bits per heavy atom. The van der Waals surface area contributed by atoms with Crippen LogP contribution in [-0.2, 0) is 52.2 Å². The molecular formula is C51H80O22. The Morgan fingerprint density at radius 1 is 0.753 bits per heavy atom. The van der Waals surface area contributed by atoms with Crippen LogP contribution >= 0.6 is 0 Å². The van der Waals surface area contributed by atoms with Gasteiger partial charge >= 0.3 is 11.9 Å². The first-order valence-electron chi connectivity index (χ1n) is 26.5. The Bertz CT molecular complexity index is 1980. The molecule has 3 saturated carbocycles. The van der Waals surface area contributed by atoms with E-state index in [-0.39, 0.29) is 35.4 Å². The number of allylic oxidation sites excluding steroid dienone is 1. The van der Waals surface area contributed by atoms with Crippen molar-refractivity contribution < 1.29 is 108 Å². The minimum Gasteiger partial charge on any atom is -0.481 e. The predicted octanol–water partition coefficient (Wildman–Crippen LogP) is -0.647. The molecule has 0 aromatic rings. The first-order valence-corrected chi connectivity index (χ1v) is 26.5. The predicted molar refractivity (Wildman–Crippen MR) is 247 cm³/mol. The molecule has 22 heteroatoms. The van der Waals surface area contributed by atoms with Crippen molar-refractivity contribution in [2.24, 2.45) is 46.3 Å². The molecule has 9 rings (SSSR count). The number of hydrogen-bond acceptors (Lipinski definition) is 21. The minimum absolute atomic E-state index is 0.0305. The average Bonchev–Trinajstić information content (AvgIpc) is 3.79. The van der Waals surface area contributed by atoms with Gasteiger partial charge in [-0.25, -0.2) is 0 Å². The third-order valence-corrected chi connectivity index (χ3v) is 19.1. The highest BCUT2D eigenvalue weighted by Crippen LogP contribution is 2.71. The van der Waals surface area contributed by atoms with Gasteiger partial charge in [-0.15, -0.1) is 0 Å². The number of carbonyl (C=O) groups excluding carboxylic acids is 1. The Hall–Kier alpha value is -2.04. The summed E-state index contributed by atoms with van der Waals surface area (Å²) < 4.78 is 55.5. The normalized spacial score (nSPS) is 51.5. The third kappa shape index (κ3) is 10.3. The zero-order valence-electron chi connectivity index (χ0n) is 42.4. The lowest BCUT2D eigenvalue weighted by Crippen LogP contribution is -2.67. The summed E-state index contributed by atoms with van der Waals surface area (Å²) >= 11 is 0. The van der Waals surface area contributed by atoms with E-state index in [1.165, 1.54) is 19.4 Å². The number of hydrogen-bond donors (Lipinski definition) is 11. The van der Waals surface area contributed by atoms with Crippen LogP contribution in [0.1, 0.15) is 105 Å². The van der Waals surface area contributed by atoms with Gasteiger partial charge in [-0.3, -0.25) is 9.59 Å². The monoisotopic (exact) mass is 1040 g/mol. The fourth-order valence-corrected chi connectivity index (χ4v) is 15.1. The molecule has 0 aromatic carbocycles. The molecule has 8 fully saturated rings. The van der Waals surface area contributed by atoms with Crippen LogP contribution in [0.2, 0.25) is 0 Å². The van der Waals surface area contributed by atoms with Crippen LogP contribution in [0.4, 0.5) is 0 Å². The molecule has 1 spiro atoms. The number of aliphatic hydroxyl groups excluding tert-OH is 9. The van der Waals surface area contributed by atoms with Gasteiger partial charge < -0.3 is 98.8 Å². The molecule has 73 heavy (non-hydrogen) atoms. The lowest BCUT2D eigenvalue weighted by Gasteiger charge is -2.59. The first-order chi connectivity index (χ1) is 34.4. The van der Waals surface area contributed by atoms with Crippen LogP contribution in [0.25, 0.3) is 0 Å². The van der Waals surface area contributed by atoms with E-state index in [2.05, 4.69) is 26.8 Å². The van der Waals surface area contributed by atoms with Crippen molar-refractivity contribution >= 4 is 11.9 Å². The standard InChI is InChI=1S/C51H80O22/c1-22-35-30(73-51(22)13-8-24(21-66-51)20-65-34(56)17-48(3,64)16-33(54)55)15-29-27-7-6-25-14-26(9-11-49(25,4)28(27)10-12-50(29,35)5)68-47-44(72-45-40(61)38(59)36(57)23(2)67-45)42(63)43(32(19-53)70-47)71-46-41(62)39(60)37(58)31(18-52)69-46/h6,22-24,26-32,35-47,52-53,57-64H,7-21H2,1-5H3,(H,54,55)/t22-,23-,24+,26-,27+,28-,29-,30-,31+,32+,35-,36-,37+,38+,39-,40+,41+,42-,43+,44+,45-,46-,47+,48-,49-,50-,51+/m0/s1. The van der Waals surface area contributed by atoms with Crippen molar-refractivity contribution in [3.05, 3.63) is 11.6 Å². The molecule has 0 radical (unpaired) electrons. The molecule has 0 aromatic heterocycles. The summed E-state index contributed by atoms with van der Waals surface area (Å²) in [6.07, 6.45) is -15.2. The molecule has 0 bridgehead atoms. The molecule has 5 saturated heterocycles. The van der Waals surface area contributed by atoms with Crippen molar-refractivity contribution in [1.29, 1.82) is 0 Å². The van der Waals surface area contributed by atoms with Crippen molar-refractivity contribution in [2.75, 3.05) is 26.4 Å². The number of rotatable bonds is 14. The highest BCUT2D eigenvalue weighted by molar-refractivity contribution is 5.73. The van der Waals surface area contributed by atoms with Crippen molar-refractivity contribution in [1.82, 2.24) is 0 Å². The summed E-state index contributed by atoms with van der Waals surface area (Å²) in [5, 5.41) is 115. The van der Waals surface area contributed by atoms with Crippen LogP contribution in [0.3, 0.4) is 0 Å². The van der Waals surface area contributed by atoms with Gasteiger partial charge in [0.2, 0.25) is 0 Å². The molecule has 11 N–H and O–H groups in total. The summed E-state index contributed by atoms with van der Waals surface area (Å²) in [6.45, 7) is 8.86. The maximum Gasteiger partial charge on any atom is 0.308 e. The molecule has 0 amide bonds. The molecule has 416 valence electrons. The third-order valence-electron chi connectivity index (χ3n) is 19.1. The zero-order chi connectivity index (χ0) is 52.7. The number of carboxylic acid groups (broad SMARTS) is 1. The highest BCUT2D eigenvalue weighted by Gasteiger charge is 2.69. The van der Waals surface area contributed by atoms with Gasteiger partial charge in [0.25, 0.3) is 0 Å². The van der Waals surface area contributed by atoms with E-state index in [1.807, 2.05) is 0 Å². The molecule has 22 nitrogen and oxygen atoms in total. The SMILES string of the molecule is C[C@@H]1O[C@@H](O[C@H]2[C@H](O[C@H]3CC[C@@]4(C)C(=CC[C@H]5[C@@H]6C[C@@H]7O[C@]8(CC[C@H](COC(=O)C[C@@](C)(O)CC(=O)O)CO8)[C@@H](C)[C@@H]7[C@@]6(C)CC[C@@H]54)C3)O[C@H](CO)[C@@H](O[C@@H]3O[C@H](CO)[C@@H](O)[C@H](O)[C@H]3O)[C@@H]2O)[C@H](O)[C@H](O)[C@H]1O. The number of carboxylic acids is 1. The summed E-state index contributed by atoms with van der Waals surface area (Å²) in [5.74, 6) is -0.908. The number of fused-ring (bicyclic) bond motifs is 7. The van der Waals surface area contributed by atoms with Gasteiger partial charge in [0.05, 0.1) is 63.2 Å². The second-order valence-corrected chi connectivity index (χ2v) is 23.8. The molecule has 5 aliphatic heterocycles. The van der Waals surface area contributed by atoms with E-state index >= 15 is 0 Å². The highest BCUT2D eigenvalue weighted by atomic mass is 16.8. The number of carbonyl (C=O) groups is 2. The molecular weight excluding hydrogens is 965 g/mol. The van der Waals surface area contributed by atoms with Crippen LogP contribution in [-0.4, -0.2) is 210 Å². The Kier molecular flexibility index (Phi) is 16.3. The second kappa shape index (κ2) is 21.3. The fourth-order valence-electron chi connectivity index (χ4n) is 15.1. The zero-order valence-corrected chi connectivity index (χ0v) is 42.4. The molecule has 27 atom stereocenters. The van der Waals surface area contributed by atoms with Crippen molar-refractivity contribution in [3.63, 3.8) is 0 Å². The van der Waals surface area contributed by atoms with Gasteiger partial charge in [0.15, 0.2) is 24.7 Å². The van der Waals surface area contributed by atoms with Crippen LogP contribution in [0.15, 0.2) is 11.6 Å². The van der Waals surface area contributed by atoms with Gasteiger partial charge in [-0.2, -0.15) is 0 Å². The van der Waals surface area contributed by atoms with E-state index < -0.39 is 148 Å². The topological polar surface area (TPSA) is 340 Å². The number of aliphatic carboxylic acids is 1. The van der Waals surface area contributed by atoms with E-state index in [0.717, 1.165) is 38.5 Å². The van der Waals surface area contributed by atoms with E-state index in [0.29, 0.717) is 49.5 Å². The molecule has 4 aliphatic carbocycles. The summed E-state index contributed by atoms with van der Waals surface area (Å²) in [7, 11) is 0. The van der Waals surface area contributed by atoms with Crippen LogP contribution < -0.4 is 0 Å². The smallest absolute Gasteiger partial charge is 0.308 e. The number of esters is 1. The van der Waals surface area contributed by atoms with Gasteiger partial charge in [-0.05, 0) is 99.7 Å². The number of ether oxygens (including phenoxy) is 9. The maximum absolute atomic E-state index is 12.5. The van der Waals surface area contributed by atoms with E-state index in [9.17, 15) is 60.7 Å². The van der Waals surface area contributed by atoms with Crippen molar-refractivity contribution in [2.45, 2.75) is 221 Å². The van der Waals surface area contributed by atoms with E-state index in [1.54, 1.807) is 0 Å². The lowest BCUT2D eigenvalue weighted by molar-refractivity contribution is -0.389. The van der Waals surface area contributed by atoms with E-state index in [4.69, 9.17) is 47.7 Å². The first kappa shape index (κ1) is 55.7. The largest absolute Gasteiger partial charge is 0.481 e. The Morgan fingerprint density at radius 2 is 1.42 bits per heavy atom. The summed E-state index contributed by atoms with van der Waals surface area (Å²) in [6, 6.07) is 0. The van der Waals surface area contributed by atoms with Gasteiger partial charge in [0.1, 0.15) is 67.1 Å². The quantitative estimate of drug-likeness (QED) is 0.0761. The number of aliphatic hydroxyl groups is 10. The fraction of sp³-hybridized carbons (Fsp3) is 0.922.